The van der Waals surface area contributed by atoms with Crippen LogP contribution in [-0.4, -0.2) is 18.9 Å². The third-order valence-corrected chi connectivity index (χ3v) is 1.93. The third-order valence-electron chi connectivity index (χ3n) is 1.93. The number of halogens is 1. The van der Waals surface area contributed by atoms with Gasteiger partial charge in [-0.3, -0.25) is 0 Å². The summed E-state index contributed by atoms with van der Waals surface area (Å²) >= 11 is 0. The second kappa shape index (κ2) is 3.09. The second-order valence-corrected chi connectivity index (χ2v) is 2.76. The Morgan fingerprint density at radius 2 is 2.36 bits per heavy atom. The van der Waals surface area contributed by atoms with E-state index in [0.29, 0.717) is 16.8 Å². The molecule has 0 spiro atoms. The lowest BCUT2D eigenvalue weighted by Gasteiger charge is -2.01. The summed E-state index contributed by atoms with van der Waals surface area (Å²) in [5.41, 5.74) is 1.12. The summed E-state index contributed by atoms with van der Waals surface area (Å²) < 4.78 is 17.4. The maximum Gasteiger partial charge on any atom is 0.337 e. The summed E-state index contributed by atoms with van der Waals surface area (Å²) in [6, 6.07) is 4.45. The Morgan fingerprint density at radius 1 is 1.57 bits per heavy atom. The predicted molar refractivity (Wildman–Crippen MR) is 49.4 cm³/mol. The Labute approximate surface area is 79.5 Å². The van der Waals surface area contributed by atoms with Gasteiger partial charge in [-0.25, -0.2) is 9.79 Å². The van der Waals surface area contributed by atoms with Gasteiger partial charge in [-0.2, -0.15) is 4.39 Å². The van der Waals surface area contributed by atoms with Crippen molar-refractivity contribution >= 4 is 23.4 Å². The second-order valence-electron chi connectivity index (χ2n) is 2.76. The van der Waals surface area contributed by atoms with Crippen LogP contribution in [-0.2, 0) is 4.74 Å². The number of carbonyl (C=O) groups is 1. The van der Waals surface area contributed by atoms with E-state index in [1.807, 2.05) is 0 Å². The van der Waals surface area contributed by atoms with Crippen molar-refractivity contribution in [3.05, 3.63) is 29.3 Å². The molecule has 0 unspecified atom stereocenters. The molecule has 0 N–H and O–H groups in total. The minimum atomic E-state index is -0.503. The monoisotopic (exact) mass is 191 g/mol. The zero-order valence-electron chi connectivity index (χ0n) is 7.37. The lowest BCUT2D eigenvalue weighted by Crippen LogP contribution is -2.00. The number of hydrogen-bond acceptors (Lipinski definition) is 3. The summed E-state index contributed by atoms with van der Waals surface area (Å²) in [5.74, 6) is 1.23. The molecule has 1 aromatic carbocycles. The molecule has 0 saturated heterocycles. The number of hydrogen-bond donors (Lipinski definition) is 0. The molecule has 0 fully saturated rings. The predicted octanol–water partition coefficient (Wildman–Crippen LogP) is 2.10. The van der Waals surface area contributed by atoms with E-state index in [1.54, 1.807) is 0 Å². The van der Waals surface area contributed by atoms with Gasteiger partial charge in [0.05, 0.1) is 18.4 Å². The van der Waals surface area contributed by atoms with E-state index in [-0.39, 0.29) is 0 Å². The first-order valence-corrected chi connectivity index (χ1v) is 3.94. The lowest BCUT2D eigenvalue weighted by molar-refractivity contribution is 0.0601. The van der Waals surface area contributed by atoms with E-state index in [0.717, 1.165) is 0 Å². The number of carbonyl (C=O) groups excluding carboxylic acids is 1. The number of esters is 1. The zero-order valence-corrected chi connectivity index (χ0v) is 7.37. The van der Waals surface area contributed by atoms with Crippen LogP contribution in [0.4, 0.5) is 10.1 Å². The molecular formula is C10H6FNO2. The Balaban J connectivity index is 2.45. The fraction of sp³-hybridized carbons (Fsp3) is 0.100. The largest absolute Gasteiger partial charge is 0.465 e. The maximum absolute atomic E-state index is 12.9. The Hall–Kier alpha value is -1.93. The smallest absolute Gasteiger partial charge is 0.337 e. The highest BCUT2D eigenvalue weighted by atomic mass is 19.1. The van der Waals surface area contributed by atoms with Gasteiger partial charge in [0.1, 0.15) is 0 Å². The summed E-state index contributed by atoms with van der Waals surface area (Å²) in [7, 11) is 1.29. The van der Waals surface area contributed by atoms with E-state index in [1.165, 1.54) is 25.3 Å². The number of rotatable bonds is 1. The van der Waals surface area contributed by atoms with Gasteiger partial charge in [0.25, 0.3) is 0 Å². The normalized spacial score (nSPS) is 12.3. The maximum atomic E-state index is 12.9. The van der Waals surface area contributed by atoms with Crippen molar-refractivity contribution in [2.24, 2.45) is 4.99 Å². The Bertz CT molecular complexity index is 473. The van der Waals surface area contributed by atoms with Crippen molar-refractivity contribution in [3.8, 4) is 0 Å². The molecule has 0 saturated carbocycles. The van der Waals surface area contributed by atoms with Gasteiger partial charge < -0.3 is 4.74 Å². The molecule has 3 nitrogen and oxygen atoms in total. The molecule has 1 heterocycles. The Morgan fingerprint density at radius 3 is 3.07 bits per heavy atom. The fourth-order valence-corrected chi connectivity index (χ4v) is 1.22. The van der Waals surface area contributed by atoms with Crippen molar-refractivity contribution in [2.45, 2.75) is 0 Å². The highest BCUT2D eigenvalue weighted by Crippen LogP contribution is 2.30. The molecule has 4 heteroatoms. The van der Waals surface area contributed by atoms with Crippen molar-refractivity contribution in [2.75, 3.05) is 7.11 Å². The topological polar surface area (TPSA) is 38.7 Å². The van der Waals surface area contributed by atoms with Crippen molar-refractivity contribution in [1.82, 2.24) is 0 Å². The molecule has 1 aliphatic heterocycles. The molecule has 0 atom stereocenters. The van der Waals surface area contributed by atoms with Crippen LogP contribution in [0.1, 0.15) is 15.9 Å². The molecule has 70 valence electrons. The van der Waals surface area contributed by atoms with E-state index in [2.05, 4.69) is 15.6 Å². The summed E-state index contributed by atoms with van der Waals surface area (Å²) in [4.78, 5) is 14.8. The van der Waals surface area contributed by atoms with Gasteiger partial charge in [0, 0.05) is 11.4 Å². The molecule has 0 amide bonds. The first kappa shape index (κ1) is 8.66. The summed E-state index contributed by atoms with van der Waals surface area (Å²) in [6.45, 7) is 0. The van der Waals surface area contributed by atoms with E-state index in [9.17, 15) is 9.18 Å². The van der Waals surface area contributed by atoms with Gasteiger partial charge in [0.15, 0.2) is 5.83 Å². The van der Waals surface area contributed by atoms with Crippen molar-refractivity contribution in [3.63, 3.8) is 0 Å². The van der Waals surface area contributed by atoms with Gasteiger partial charge in [-0.05, 0) is 18.2 Å². The highest BCUT2D eigenvalue weighted by Gasteiger charge is 2.15. The van der Waals surface area contributed by atoms with Gasteiger partial charge in [0.2, 0.25) is 0 Å². The van der Waals surface area contributed by atoms with E-state index < -0.39 is 11.8 Å². The van der Waals surface area contributed by atoms with Gasteiger partial charge in [-0.15, -0.1) is 0 Å². The van der Waals surface area contributed by atoms with Crippen LogP contribution in [0.25, 0.3) is 5.83 Å². The highest BCUT2D eigenvalue weighted by molar-refractivity contribution is 5.98. The number of nitrogens with zero attached hydrogens (tertiary/aromatic N) is 1. The molecule has 1 aromatic rings. The quantitative estimate of drug-likeness (QED) is 0.637. The van der Waals surface area contributed by atoms with Crippen molar-refractivity contribution < 1.29 is 13.9 Å². The molecule has 0 radical (unpaired) electrons. The van der Waals surface area contributed by atoms with Crippen molar-refractivity contribution in [1.29, 1.82) is 0 Å². The van der Waals surface area contributed by atoms with Gasteiger partial charge >= 0.3 is 5.97 Å². The number of fused-ring (bicyclic) bond motifs is 1. The number of aliphatic imine (C=N–C) groups is 1. The van der Waals surface area contributed by atoms with E-state index in [4.69, 9.17) is 0 Å². The lowest BCUT2D eigenvalue weighted by atomic mass is 10.1. The fourth-order valence-electron chi connectivity index (χ4n) is 1.22. The van der Waals surface area contributed by atoms with Gasteiger partial charge in [-0.1, -0.05) is 0 Å². The average molecular weight is 191 g/mol. The third kappa shape index (κ3) is 1.22. The van der Waals surface area contributed by atoms with Crippen LogP contribution in [0.3, 0.4) is 0 Å². The zero-order chi connectivity index (χ0) is 10.1. The van der Waals surface area contributed by atoms with E-state index >= 15 is 0 Å². The molecule has 0 aromatic heterocycles. The molecule has 1 aliphatic rings. The minimum Gasteiger partial charge on any atom is -0.465 e. The van der Waals surface area contributed by atoms with Crippen LogP contribution >= 0.6 is 0 Å². The SMILES string of the molecule is COC(=O)c1ccc2c(c1)N=C=C2F. The van der Waals surface area contributed by atoms with Crippen LogP contribution in [0.5, 0.6) is 0 Å². The number of benzene rings is 1. The Kier molecular flexibility index (Phi) is 1.91. The minimum absolute atomic E-state index is 0.353. The standard InChI is InChI=1S/C10H6FNO2/c1-14-10(13)6-2-3-7-8(11)5-12-9(7)4-6/h2-4H,1H3. The molecule has 0 aliphatic carbocycles. The number of ether oxygens (including phenoxy) is 1. The van der Waals surface area contributed by atoms with Crippen LogP contribution in [0, 0.1) is 0 Å². The molecular weight excluding hydrogens is 185 g/mol. The molecule has 0 bridgehead atoms. The van der Waals surface area contributed by atoms with Crippen LogP contribution in [0.2, 0.25) is 0 Å². The van der Waals surface area contributed by atoms with Crippen LogP contribution < -0.4 is 0 Å². The number of methoxy groups -OCH3 is 1. The summed E-state index contributed by atoms with van der Waals surface area (Å²) in [5, 5.41) is 0. The molecule has 2 rings (SSSR count). The summed E-state index contributed by atoms with van der Waals surface area (Å²) in [6.07, 6.45) is 0. The average Bonchev–Trinajstić information content (AvgIpc) is 2.59. The molecule has 14 heavy (non-hydrogen) atoms. The first-order chi connectivity index (χ1) is 6.72. The van der Waals surface area contributed by atoms with Crippen LogP contribution in [0.15, 0.2) is 23.2 Å². The first-order valence-electron chi connectivity index (χ1n) is 3.94.